The van der Waals surface area contributed by atoms with Crippen LogP contribution in [0.5, 0.6) is 0 Å². The minimum atomic E-state index is -0.0725. The molecule has 2 aliphatic rings. The largest absolute Gasteiger partial charge is 0.355 e. The number of carbonyl (C=O) groups excluding carboxylic acids is 1. The summed E-state index contributed by atoms with van der Waals surface area (Å²) in [7, 11) is 0. The van der Waals surface area contributed by atoms with E-state index in [-0.39, 0.29) is 18.5 Å². The van der Waals surface area contributed by atoms with Gasteiger partial charge in [0.25, 0.3) is 0 Å². The average molecular weight is 354 g/mol. The molecule has 0 bridgehead atoms. The van der Waals surface area contributed by atoms with E-state index in [1.807, 2.05) is 6.07 Å². The van der Waals surface area contributed by atoms with Gasteiger partial charge in [-0.1, -0.05) is 0 Å². The van der Waals surface area contributed by atoms with Gasteiger partial charge in [0.15, 0.2) is 0 Å². The second-order valence-corrected chi connectivity index (χ2v) is 6.69. The van der Waals surface area contributed by atoms with Gasteiger partial charge < -0.3 is 10.2 Å². The SMILES string of the molecule is N#CC1=CSCN1C(=O)CNC1CCN(c2ncccc2C#N)CC1. The third-order valence-electron chi connectivity index (χ3n) is 4.35. The maximum Gasteiger partial charge on any atom is 0.242 e. The molecule has 3 rings (SSSR count). The van der Waals surface area contributed by atoms with E-state index in [0.29, 0.717) is 17.1 Å². The lowest BCUT2D eigenvalue weighted by molar-refractivity contribution is -0.127. The smallest absolute Gasteiger partial charge is 0.242 e. The zero-order valence-electron chi connectivity index (χ0n) is 13.7. The Morgan fingerprint density at radius 1 is 1.36 bits per heavy atom. The lowest BCUT2D eigenvalue weighted by atomic mass is 10.0. The van der Waals surface area contributed by atoms with E-state index in [4.69, 9.17) is 5.26 Å². The summed E-state index contributed by atoms with van der Waals surface area (Å²) in [6, 6.07) is 8.02. The minimum absolute atomic E-state index is 0.0725. The molecule has 1 aromatic rings. The maximum absolute atomic E-state index is 12.2. The molecule has 0 aliphatic carbocycles. The van der Waals surface area contributed by atoms with Crippen molar-refractivity contribution in [3.63, 3.8) is 0 Å². The van der Waals surface area contributed by atoms with Crippen molar-refractivity contribution in [3.8, 4) is 12.1 Å². The Hall–Kier alpha value is -2.55. The van der Waals surface area contributed by atoms with E-state index >= 15 is 0 Å². The van der Waals surface area contributed by atoms with E-state index in [1.165, 1.54) is 16.7 Å². The number of nitrogens with one attached hydrogen (secondary N) is 1. The molecule has 25 heavy (non-hydrogen) atoms. The number of allylic oxidation sites excluding steroid dienone is 1. The molecular formula is C17H18N6OS. The topological polar surface area (TPSA) is 96.1 Å². The fourth-order valence-corrected chi connectivity index (χ4v) is 3.82. The molecule has 0 aromatic carbocycles. The summed E-state index contributed by atoms with van der Waals surface area (Å²) in [5.74, 6) is 1.17. The Labute approximate surface area is 150 Å². The van der Waals surface area contributed by atoms with Gasteiger partial charge in [0.2, 0.25) is 5.91 Å². The van der Waals surface area contributed by atoms with Gasteiger partial charge in [-0.05, 0) is 25.0 Å². The summed E-state index contributed by atoms with van der Waals surface area (Å²) in [6.45, 7) is 1.82. The highest BCUT2D eigenvalue weighted by molar-refractivity contribution is 8.02. The number of rotatable bonds is 4. The number of hydrogen-bond donors (Lipinski definition) is 1. The number of nitrogens with zero attached hydrogens (tertiary/aromatic N) is 5. The van der Waals surface area contributed by atoms with Crippen molar-refractivity contribution in [3.05, 3.63) is 35.0 Å². The first-order valence-corrected chi connectivity index (χ1v) is 9.13. The quantitative estimate of drug-likeness (QED) is 0.873. The van der Waals surface area contributed by atoms with Crippen LogP contribution in [0.4, 0.5) is 5.82 Å². The number of aromatic nitrogens is 1. The fraction of sp³-hybridized carbons (Fsp3) is 0.412. The standard InChI is InChI=1S/C17H18N6OS/c18-8-13-2-1-5-20-17(13)22-6-3-14(4-7-22)21-10-16(24)23-12-25-11-15(23)9-19/h1-2,5,11,14,21H,3-4,6-7,10,12H2. The minimum Gasteiger partial charge on any atom is -0.355 e. The predicted molar refractivity (Wildman–Crippen MR) is 95.2 cm³/mol. The average Bonchev–Trinajstić information content (AvgIpc) is 3.15. The number of anilines is 1. The molecular weight excluding hydrogens is 336 g/mol. The Kier molecular flexibility index (Phi) is 5.54. The normalized spacial score (nSPS) is 17.8. The highest BCUT2D eigenvalue weighted by atomic mass is 32.2. The second kappa shape index (κ2) is 8.02. The Morgan fingerprint density at radius 3 is 2.88 bits per heavy atom. The van der Waals surface area contributed by atoms with Gasteiger partial charge in [-0.25, -0.2) is 4.98 Å². The number of thioether (sulfide) groups is 1. The summed E-state index contributed by atoms with van der Waals surface area (Å²) in [4.78, 5) is 20.2. The molecule has 7 nitrogen and oxygen atoms in total. The third kappa shape index (κ3) is 3.93. The van der Waals surface area contributed by atoms with Gasteiger partial charge in [0.1, 0.15) is 23.7 Å². The molecule has 128 valence electrons. The lowest BCUT2D eigenvalue weighted by Gasteiger charge is -2.33. The van der Waals surface area contributed by atoms with Crippen LogP contribution in [0.1, 0.15) is 18.4 Å². The molecule has 8 heteroatoms. The number of pyridine rings is 1. The van der Waals surface area contributed by atoms with E-state index in [9.17, 15) is 10.1 Å². The monoisotopic (exact) mass is 354 g/mol. The van der Waals surface area contributed by atoms with Gasteiger partial charge >= 0.3 is 0 Å². The first-order valence-electron chi connectivity index (χ1n) is 8.08. The third-order valence-corrected chi connectivity index (χ3v) is 5.15. The van der Waals surface area contributed by atoms with Crippen molar-refractivity contribution in [2.24, 2.45) is 0 Å². The first kappa shape index (κ1) is 17.3. The zero-order valence-corrected chi connectivity index (χ0v) is 14.5. The molecule has 1 saturated heterocycles. The van der Waals surface area contributed by atoms with Crippen LogP contribution in [-0.4, -0.2) is 47.3 Å². The number of hydrogen-bond acceptors (Lipinski definition) is 7. The summed E-state index contributed by atoms with van der Waals surface area (Å²) in [5, 5.41) is 23.2. The summed E-state index contributed by atoms with van der Waals surface area (Å²) in [6.07, 6.45) is 3.46. The molecule has 0 radical (unpaired) electrons. The molecule has 1 amide bonds. The highest BCUT2D eigenvalue weighted by Gasteiger charge is 2.25. The van der Waals surface area contributed by atoms with E-state index in [1.54, 1.807) is 23.7 Å². The van der Waals surface area contributed by atoms with Crippen LogP contribution in [0.25, 0.3) is 0 Å². The molecule has 3 heterocycles. The Bertz CT molecular complexity index is 757. The van der Waals surface area contributed by atoms with Crippen molar-refractivity contribution in [2.45, 2.75) is 18.9 Å². The molecule has 0 saturated carbocycles. The van der Waals surface area contributed by atoms with Crippen LogP contribution < -0.4 is 10.2 Å². The maximum atomic E-state index is 12.2. The van der Waals surface area contributed by atoms with Crippen molar-refractivity contribution >= 4 is 23.5 Å². The lowest BCUT2D eigenvalue weighted by Crippen LogP contribution is -2.46. The van der Waals surface area contributed by atoms with E-state index in [0.717, 1.165) is 31.7 Å². The van der Waals surface area contributed by atoms with Crippen molar-refractivity contribution in [1.29, 1.82) is 10.5 Å². The fourth-order valence-electron chi connectivity index (χ4n) is 2.98. The predicted octanol–water partition coefficient (Wildman–Crippen LogP) is 1.41. The Balaban J connectivity index is 1.49. The van der Waals surface area contributed by atoms with Crippen LogP contribution in [0.15, 0.2) is 29.4 Å². The second-order valence-electron chi connectivity index (χ2n) is 5.86. The molecule has 2 aliphatic heterocycles. The van der Waals surface area contributed by atoms with Gasteiger partial charge in [0, 0.05) is 30.7 Å². The number of carbonyl (C=O) groups is 1. The van der Waals surface area contributed by atoms with Crippen LogP contribution >= 0.6 is 11.8 Å². The van der Waals surface area contributed by atoms with Gasteiger partial charge in [-0.3, -0.25) is 9.69 Å². The highest BCUT2D eigenvalue weighted by Crippen LogP contribution is 2.23. The summed E-state index contributed by atoms with van der Waals surface area (Å²) in [5.41, 5.74) is 1.01. The summed E-state index contributed by atoms with van der Waals surface area (Å²) >= 11 is 1.46. The van der Waals surface area contributed by atoms with Crippen molar-refractivity contribution < 1.29 is 4.79 Å². The Morgan fingerprint density at radius 2 is 2.16 bits per heavy atom. The van der Waals surface area contributed by atoms with Gasteiger partial charge in [-0.15, -0.1) is 11.8 Å². The van der Waals surface area contributed by atoms with E-state index in [2.05, 4.69) is 21.3 Å². The molecule has 0 unspecified atom stereocenters. The summed E-state index contributed by atoms with van der Waals surface area (Å²) < 4.78 is 0. The van der Waals surface area contributed by atoms with Crippen LogP contribution in [-0.2, 0) is 4.79 Å². The van der Waals surface area contributed by atoms with Crippen LogP contribution in [0.3, 0.4) is 0 Å². The zero-order chi connectivity index (χ0) is 17.6. The molecule has 1 fully saturated rings. The van der Waals surface area contributed by atoms with Crippen LogP contribution in [0, 0.1) is 22.7 Å². The van der Waals surface area contributed by atoms with Gasteiger partial charge in [0.05, 0.1) is 18.0 Å². The first-order chi connectivity index (χ1) is 12.2. The number of nitriles is 2. The van der Waals surface area contributed by atoms with E-state index < -0.39 is 0 Å². The van der Waals surface area contributed by atoms with Crippen molar-refractivity contribution in [1.82, 2.24) is 15.2 Å². The van der Waals surface area contributed by atoms with Crippen molar-refractivity contribution in [2.75, 3.05) is 30.4 Å². The van der Waals surface area contributed by atoms with Gasteiger partial charge in [-0.2, -0.15) is 10.5 Å². The molecule has 0 atom stereocenters. The molecule has 1 aromatic heterocycles. The molecule has 0 spiro atoms. The number of amides is 1. The number of piperidine rings is 1. The molecule has 1 N–H and O–H groups in total. The van der Waals surface area contributed by atoms with Crippen LogP contribution in [0.2, 0.25) is 0 Å².